The van der Waals surface area contributed by atoms with Crippen molar-refractivity contribution in [3.63, 3.8) is 0 Å². The Balaban J connectivity index is 1.66. The zero-order valence-electron chi connectivity index (χ0n) is 7.42. The number of hydrogen-bond donors (Lipinski definition) is 0. The molecule has 2 nitrogen and oxygen atoms in total. The van der Waals surface area contributed by atoms with Crippen molar-refractivity contribution >= 4 is 0 Å². The molecule has 0 aromatic rings. The van der Waals surface area contributed by atoms with Gasteiger partial charge in [0.15, 0.2) is 0 Å². The smallest absolute Gasteiger partial charge is 0.0528 e. The molecular weight excluding hydrogens is 138 g/mol. The number of rotatable bonds is 3. The van der Waals surface area contributed by atoms with Gasteiger partial charge in [-0.25, -0.2) is 0 Å². The van der Waals surface area contributed by atoms with Gasteiger partial charge in [0.25, 0.3) is 0 Å². The third kappa shape index (κ3) is 1.57. The summed E-state index contributed by atoms with van der Waals surface area (Å²) < 4.78 is 5.13. The van der Waals surface area contributed by atoms with Crippen LogP contribution in [0.15, 0.2) is 0 Å². The lowest BCUT2D eigenvalue weighted by Gasteiger charge is -2.26. The van der Waals surface area contributed by atoms with Crippen LogP contribution < -0.4 is 0 Å². The highest BCUT2D eigenvalue weighted by molar-refractivity contribution is 4.93. The lowest BCUT2D eigenvalue weighted by Crippen LogP contribution is -2.34. The minimum absolute atomic E-state index is 0.844. The topological polar surface area (TPSA) is 12.2 Å². The van der Waals surface area contributed by atoms with Crippen LogP contribution in [0.5, 0.6) is 0 Å². The van der Waals surface area contributed by atoms with Crippen molar-refractivity contribution in [2.45, 2.75) is 19.9 Å². The van der Waals surface area contributed by atoms with Crippen LogP contribution in [0.4, 0.5) is 0 Å². The van der Waals surface area contributed by atoms with Crippen molar-refractivity contribution in [3.8, 4) is 0 Å². The quantitative estimate of drug-likeness (QED) is 0.563. The van der Waals surface area contributed by atoms with Gasteiger partial charge in [0.05, 0.1) is 13.2 Å². The van der Waals surface area contributed by atoms with E-state index in [1.807, 2.05) is 0 Å². The second-order valence-corrected chi connectivity index (χ2v) is 4.17. The first-order valence-electron chi connectivity index (χ1n) is 4.59. The summed E-state index contributed by atoms with van der Waals surface area (Å²) >= 11 is 0. The first-order valence-corrected chi connectivity index (χ1v) is 4.59. The highest BCUT2D eigenvalue weighted by Gasteiger charge is 2.38. The zero-order chi connectivity index (χ0) is 7.84. The molecule has 64 valence electrons. The van der Waals surface area contributed by atoms with E-state index in [1.54, 1.807) is 0 Å². The normalized spacial score (nSPS) is 37.4. The number of hydrogen-bond acceptors (Lipinski definition) is 2. The summed E-state index contributed by atoms with van der Waals surface area (Å²) in [4.78, 5) is 2.57. The molecule has 0 aromatic heterocycles. The van der Waals surface area contributed by atoms with Crippen LogP contribution in [0.1, 0.15) is 13.8 Å². The van der Waals surface area contributed by atoms with Gasteiger partial charge in [0.2, 0.25) is 0 Å². The molecule has 0 radical (unpaired) electrons. The maximum atomic E-state index is 5.13. The van der Waals surface area contributed by atoms with Crippen LogP contribution in [-0.2, 0) is 4.74 Å². The molecule has 0 saturated carbocycles. The average molecular weight is 155 g/mol. The number of nitrogens with zero attached hydrogens (tertiary/aromatic N) is 1. The van der Waals surface area contributed by atoms with E-state index in [0.717, 1.165) is 31.1 Å². The second kappa shape index (κ2) is 2.76. The third-order valence-corrected chi connectivity index (χ3v) is 2.73. The van der Waals surface area contributed by atoms with Gasteiger partial charge in [-0.05, 0) is 5.92 Å². The zero-order valence-corrected chi connectivity index (χ0v) is 7.42. The molecule has 2 saturated heterocycles. The predicted octanol–water partition coefficient (Wildman–Crippen LogP) is 0.973. The molecular formula is C9H17NO. The maximum Gasteiger partial charge on any atom is 0.0528 e. The second-order valence-electron chi connectivity index (χ2n) is 4.17. The van der Waals surface area contributed by atoms with E-state index < -0.39 is 0 Å². The van der Waals surface area contributed by atoms with Crippen LogP contribution in [0.2, 0.25) is 0 Å². The Morgan fingerprint density at radius 2 is 2.18 bits per heavy atom. The van der Waals surface area contributed by atoms with Gasteiger partial charge in [-0.3, -0.25) is 4.90 Å². The molecule has 0 amide bonds. The van der Waals surface area contributed by atoms with E-state index in [0.29, 0.717) is 0 Å². The fourth-order valence-electron chi connectivity index (χ4n) is 1.76. The molecule has 2 aliphatic heterocycles. The summed E-state index contributed by atoms with van der Waals surface area (Å²) in [7, 11) is 0. The van der Waals surface area contributed by atoms with E-state index in [-0.39, 0.29) is 0 Å². The minimum Gasteiger partial charge on any atom is -0.381 e. The molecule has 0 aliphatic carbocycles. The predicted molar refractivity (Wildman–Crippen MR) is 44.5 cm³/mol. The minimum atomic E-state index is 0.844. The van der Waals surface area contributed by atoms with Crippen molar-refractivity contribution in [3.05, 3.63) is 0 Å². The van der Waals surface area contributed by atoms with Crippen molar-refractivity contribution in [2.24, 2.45) is 11.8 Å². The van der Waals surface area contributed by atoms with Gasteiger partial charge in [-0.1, -0.05) is 13.8 Å². The molecule has 0 spiro atoms. The van der Waals surface area contributed by atoms with Crippen LogP contribution in [0.3, 0.4) is 0 Å². The molecule has 2 atom stereocenters. The largest absolute Gasteiger partial charge is 0.381 e. The Bertz CT molecular complexity index is 142. The highest BCUT2D eigenvalue weighted by Crippen LogP contribution is 2.27. The molecule has 2 fully saturated rings. The molecule has 0 N–H and O–H groups in total. The lowest BCUT2D eigenvalue weighted by atomic mass is 10.1. The van der Waals surface area contributed by atoms with Gasteiger partial charge in [-0.2, -0.15) is 0 Å². The fourth-order valence-corrected chi connectivity index (χ4v) is 1.76. The van der Waals surface area contributed by atoms with E-state index in [4.69, 9.17) is 4.74 Å². The van der Waals surface area contributed by atoms with Crippen molar-refractivity contribution in [1.29, 1.82) is 0 Å². The summed E-state index contributed by atoms with van der Waals surface area (Å²) in [5.74, 6) is 1.69. The summed E-state index contributed by atoms with van der Waals surface area (Å²) in [6, 6.07) is 0.885. The summed E-state index contributed by atoms with van der Waals surface area (Å²) in [5.41, 5.74) is 0. The monoisotopic (exact) mass is 155 g/mol. The standard InChI is InChI=1S/C9H17NO/c1-7(2)9-4-10(9)3-8-5-11-6-8/h7-9H,3-6H2,1-2H3. The van der Waals surface area contributed by atoms with Crippen LogP contribution >= 0.6 is 0 Å². The molecule has 2 aliphatic rings. The van der Waals surface area contributed by atoms with Gasteiger partial charge >= 0.3 is 0 Å². The Morgan fingerprint density at radius 3 is 2.55 bits per heavy atom. The molecule has 2 unspecified atom stereocenters. The van der Waals surface area contributed by atoms with Crippen molar-refractivity contribution in [2.75, 3.05) is 26.3 Å². The van der Waals surface area contributed by atoms with Crippen LogP contribution in [0.25, 0.3) is 0 Å². The van der Waals surface area contributed by atoms with Gasteiger partial charge in [0.1, 0.15) is 0 Å². The molecule has 2 heterocycles. The van der Waals surface area contributed by atoms with Crippen molar-refractivity contribution in [1.82, 2.24) is 4.90 Å². The Hall–Kier alpha value is -0.0800. The van der Waals surface area contributed by atoms with Gasteiger partial charge < -0.3 is 4.74 Å². The lowest BCUT2D eigenvalue weighted by molar-refractivity contribution is -0.0378. The summed E-state index contributed by atoms with van der Waals surface area (Å²) in [6.07, 6.45) is 0. The van der Waals surface area contributed by atoms with E-state index in [1.165, 1.54) is 13.1 Å². The van der Waals surface area contributed by atoms with Gasteiger partial charge in [0, 0.05) is 25.0 Å². The molecule has 0 bridgehead atoms. The summed E-state index contributed by atoms with van der Waals surface area (Å²) in [6.45, 7) is 9.23. The number of ether oxygens (including phenoxy) is 1. The van der Waals surface area contributed by atoms with Crippen LogP contribution in [0, 0.1) is 11.8 Å². The molecule has 2 rings (SSSR count). The Morgan fingerprint density at radius 1 is 1.45 bits per heavy atom. The maximum absolute atomic E-state index is 5.13. The van der Waals surface area contributed by atoms with Crippen molar-refractivity contribution < 1.29 is 4.74 Å². The average Bonchev–Trinajstić information content (AvgIpc) is 2.57. The first kappa shape index (κ1) is 7.56. The van der Waals surface area contributed by atoms with Crippen LogP contribution in [-0.4, -0.2) is 37.2 Å². The fraction of sp³-hybridized carbons (Fsp3) is 1.00. The third-order valence-electron chi connectivity index (χ3n) is 2.73. The molecule has 2 heteroatoms. The van der Waals surface area contributed by atoms with Gasteiger partial charge in [-0.15, -0.1) is 0 Å². The van der Waals surface area contributed by atoms with E-state index in [2.05, 4.69) is 18.7 Å². The summed E-state index contributed by atoms with van der Waals surface area (Å²) in [5, 5.41) is 0. The van der Waals surface area contributed by atoms with E-state index >= 15 is 0 Å². The highest BCUT2D eigenvalue weighted by atomic mass is 16.5. The Kier molecular flexibility index (Phi) is 1.90. The molecule has 11 heavy (non-hydrogen) atoms. The SMILES string of the molecule is CC(C)C1CN1CC1COC1. The molecule has 0 aromatic carbocycles. The van der Waals surface area contributed by atoms with E-state index in [9.17, 15) is 0 Å². The Labute approximate surface area is 68.5 Å². The first-order chi connectivity index (χ1) is 5.27.